The van der Waals surface area contributed by atoms with Crippen LogP contribution in [0.1, 0.15) is 19.8 Å². The van der Waals surface area contributed by atoms with E-state index >= 15 is 0 Å². The summed E-state index contributed by atoms with van der Waals surface area (Å²) in [5.74, 6) is 1.05. The highest BCUT2D eigenvalue weighted by molar-refractivity contribution is 14.0. The average molecular weight is 408 g/mol. The molecule has 0 spiro atoms. The Morgan fingerprint density at radius 3 is 2.65 bits per heavy atom. The number of hydrogen-bond donors (Lipinski definition) is 1. The zero-order chi connectivity index (χ0) is 13.5. The molecule has 0 radical (unpaired) electrons. The molecule has 6 heteroatoms. The SMILES string of the molecule is CCCCNC(=NC)N1CCN(c2cccs2)CC1.I. The first-order valence-electron chi connectivity index (χ1n) is 7.09. The third kappa shape index (κ3) is 4.80. The lowest BCUT2D eigenvalue weighted by molar-refractivity contribution is 0.373. The van der Waals surface area contributed by atoms with E-state index in [1.807, 2.05) is 18.4 Å². The minimum atomic E-state index is 0. The Hall–Kier alpha value is -0.500. The van der Waals surface area contributed by atoms with Crippen LogP contribution in [0.5, 0.6) is 0 Å². The molecular weight excluding hydrogens is 383 g/mol. The molecule has 0 amide bonds. The Morgan fingerprint density at radius 2 is 2.10 bits per heavy atom. The Bertz CT molecular complexity index is 386. The van der Waals surface area contributed by atoms with Crippen molar-refractivity contribution < 1.29 is 0 Å². The van der Waals surface area contributed by atoms with Crippen LogP contribution in [0.25, 0.3) is 0 Å². The van der Waals surface area contributed by atoms with E-state index in [1.165, 1.54) is 17.8 Å². The van der Waals surface area contributed by atoms with Gasteiger partial charge in [-0.2, -0.15) is 0 Å². The van der Waals surface area contributed by atoms with E-state index in [1.54, 1.807) is 0 Å². The van der Waals surface area contributed by atoms with E-state index in [0.717, 1.165) is 38.7 Å². The van der Waals surface area contributed by atoms with Crippen LogP contribution in [0, 0.1) is 0 Å². The molecule has 4 nitrogen and oxygen atoms in total. The number of halogens is 1. The van der Waals surface area contributed by atoms with E-state index < -0.39 is 0 Å². The normalized spacial score (nSPS) is 16.0. The molecule has 0 saturated carbocycles. The molecular formula is C14H25IN4S. The topological polar surface area (TPSA) is 30.9 Å². The van der Waals surface area contributed by atoms with Gasteiger partial charge in [-0.15, -0.1) is 35.3 Å². The van der Waals surface area contributed by atoms with Crippen LogP contribution in [0.4, 0.5) is 5.00 Å². The van der Waals surface area contributed by atoms with Gasteiger partial charge in [0.1, 0.15) is 0 Å². The van der Waals surface area contributed by atoms with Crippen molar-refractivity contribution in [2.45, 2.75) is 19.8 Å². The van der Waals surface area contributed by atoms with Crippen molar-refractivity contribution in [2.24, 2.45) is 4.99 Å². The van der Waals surface area contributed by atoms with Gasteiger partial charge in [-0.05, 0) is 23.9 Å². The molecule has 1 aliphatic heterocycles. The van der Waals surface area contributed by atoms with Gasteiger partial charge >= 0.3 is 0 Å². The number of guanidine groups is 1. The smallest absolute Gasteiger partial charge is 0.193 e. The summed E-state index contributed by atoms with van der Waals surface area (Å²) in [7, 11) is 1.87. The van der Waals surface area contributed by atoms with Crippen molar-refractivity contribution in [3.05, 3.63) is 17.5 Å². The second-order valence-corrected chi connectivity index (χ2v) is 5.68. The maximum Gasteiger partial charge on any atom is 0.193 e. The molecule has 1 saturated heterocycles. The number of nitrogens with zero attached hydrogens (tertiary/aromatic N) is 3. The first-order chi connectivity index (χ1) is 9.35. The van der Waals surface area contributed by atoms with Gasteiger partial charge in [0.2, 0.25) is 0 Å². The van der Waals surface area contributed by atoms with Crippen LogP contribution < -0.4 is 10.2 Å². The van der Waals surface area contributed by atoms with Crippen molar-refractivity contribution in [3.8, 4) is 0 Å². The third-order valence-electron chi connectivity index (χ3n) is 3.42. The lowest BCUT2D eigenvalue weighted by Crippen LogP contribution is -2.52. The monoisotopic (exact) mass is 408 g/mol. The van der Waals surface area contributed by atoms with Gasteiger partial charge in [-0.1, -0.05) is 13.3 Å². The van der Waals surface area contributed by atoms with Crippen molar-refractivity contribution in [2.75, 3.05) is 44.7 Å². The second kappa shape index (κ2) is 9.44. The minimum absolute atomic E-state index is 0. The molecule has 1 aromatic rings. The van der Waals surface area contributed by atoms with Gasteiger partial charge in [0.25, 0.3) is 0 Å². The summed E-state index contributed by atoms with van der Waals surface area (Å²) in [6.07, 6.45) is 2.42. The molecule has 2 rings (SSSR count). The Kier molecular flexibility index (Phi) is 8.28. The molecule has 0 aliphatic carbocycles. The summed E-state index contributed by atoms with van der Waals surface area (Å²) in [5, 5.41) is 6.98. The van der Waals surface area contributed by atoms with Gasteiger partial charge in [0, 0.05) is 39.8 Å². The minimum Gasteiger partial charge on any atom is -0.360 e. The van der Waals surface area contributed by atoms with Crippen molar-refractivity contribution in [1.29, 1.82) is 0 Å². The van der Waals surface area contributed by atoms with Gasteiger partial charge in [-0.25, -0.2) is 0 Å². The van der Waals surface area contributed by atoms with Gasteiger partial charge in [0.05, 0.1) is 5.00 Å². The van der Waals surface area contributed by atoms with E-state index in [2.05, 4.69) is 44.5 Å². The summed E-state index contributed by atoms with van der Waals surface area (Å²) in [5.41, 5.74) is 0. The zero-order valence-corrected chi connectivity index (χ0v) is 15.5. The summed E-state index contributed by atoms with van der Waals surface area (Å²) in [4.78, 5) is 9.21. The number of rotatable bonds is 4. The summed E-state index contributed by atoms with van der Waals surface area (Å²) < 4.78 is 0. The highest BCUT2D eigenvalue weighted by Crippen LogP contribution is 2.22. The molecule has 114 valence electrons. The quantitative estimate of drug-likeness (QED) is 0.360. The lowest BCUT2D eigenvalue weighted by atomic mass is 10.3. The summed E-state index contributed by atoms with van der Waals surface area (Å²) in [6, 6.07) is 4.33. The molecule has 1 N–H and O–H groups in total. The number of piperazine rings is 1. The van der Waals surface area contributed by atoms with Crippen LogP contribution in [0.3, 0.4) is 0 Å². The highest BCUT2D eigenvalue weighted by atomic mass is 127. The standard InChI is InChI=1S/C14H24N4S.HI/c1-3-4-7-16-14(15-2)18-10-8-17(9-11-18)13-6-5-12-19-13;/h5-6,12H,3-4,7-11H2,1-2H3,(H,15,16);1H. The second-order valence-electron chi connectivity index (χ2n) is 4.75. The van der Waals surface area contributed by atoms with Crippen molar-refractivity contribution in [3.63, 3.8) is 0 Å². The fraction of sp³-hybridized carbons (Fsp3) is 0.643. The summed E-state index contributed by atoms with van der Waals surface area (Å²) in [6.45, 7) is 7.48. The zero-order valence-electron chi connectivity index (χ0n) is 12.3. The van der Waals surface area contributed by atoms with E-state index in [4.69, 9.17) is 0 Å². The third-order valence-corrected chi connectivity index (χ3v) is 4.35. The van der Waals surface area contributed by atoms with Gasteiger partial charge in [0.15, 0.2) is 5.96 Å². The predicted molar refractivity (Wildman–Crippen MR) is 99.8 cm³/mol. The van der Waals surface area contributed by atoms with Crippen LogP contribution in [-0.4, -0.2) is 50.6 Å². The lowest BCUT2D eigenvalue weighted by Gasteiger charge is -2.37. The molecule has 0 bridgehead atoms. The number of thiophene rings is 1. The van der Waals surface area contributed by atoms with E-state index in [0.29, 0.717) is 0 Å². The number of unbranched alkanes of at least 4 members (excludes halogenated alkanes) is 1. The van der Waals surface area contributed by atoms with Crippen LogP contribution in [-0.2, 0) is 0 Å². The van der Waals surface area contributed by atoms with Crippen LogP contribution >= 0.6 is 35.3 Å². The number of anilines is 1. The first kappa shape index (κ1) is 17.6. The molecule has 0 atom stereocenters. The fourth-order valence-electron chi connectivity index (χ4n) is 2.30. The van der Waals surface area contributed by atoms with E-state index in [9.17, 15) is 0 Å². The summed E-state index contributed by atoms with van der Waals surface area (Å²) >= 11 is 1.82. The molecule has 0 unspecified atom stereocenters. The van der Waals surface area contributed by atoms with E-state index in [-0.39, 0.29) is 24.0 Å². The largest absolute Gasteiger partial charge is 0.360 e. The van der Waals surface area contributed by atoms with Crippen molar-refractivity contribution in [1.82, 2.24) is 10.2 Å². The predicted octanol–water partition coefficient (Wildman–Crippen LogP) is 2.86. The maximum atomic E-state index is 4.39. The molecule has 20 heavy (non-hydrogen) atoms. The Morgan fingerprint density at radius 1 is 1.35 bits per heavy atom. The maximum absolute atomic E-state index is 4.39. The molecule has 1 aromatic heterocycles. The fourth-order valence-corrected chi connectivity index (χ4v) is 3.08. The molecule has 0 aromatic carbocycles. The number of aliphatic imine (C=N–C) groups is 1. The first-order valence-corrected chi connectivity index (χ1v) is 7.97. The Balaban J connectivity index is 0.00000200. The van der Waals surface area contributed by atoms with Gasteiger partial charge < -0.3 is 15.1 Å². The molecule has 1 fully saturated rings. The Labute approximate surface area is 143 Å². The highest BCUT2D eigenvalue weighted by Gasteiger charge is 2.19. The number of hydrogen-bond acceptors (Lipinski definition) is 3. The van der Waals surface area contributed by atoms with Crippen molar-refractivity contribution >= 4 is 46.3 Å². The number of nitrogens with one attached hydrogen (secondary N) is 1. The molecule has 1 aliphatic rings. The average Bonchev–Trinajstić information content (AvgIpc) is 2.98. The van der Waals surface area contributed by atoms with Crippen LogP contribution in [0.2, 0.25) is 0 Å². The molecule has 2 heterocycles. The van der Waals surface area contributed by atoms with Crippen LogP contribution in [0.15, 0.2) is 22.5 Å². The van der Waals surface area contributed by atoms with Gasteiger partial charge in [-0.3, -0.25) is 4.99 Å².